The summed E-state index contributed by atoms with van der Waals surface area (Å²) in [6.45, 7) is 12.1. The van der Waals surface area contributed by atoms with Crippen LogP contribution in [0.5, 0.6) is 23.0 Å². The minimum absolute atomic E-state index is 0. The van der Waals surface area contributed by atoms with Crippen LogP contribution in [0.25, 0.3) is 22.0 Å². The van der Waals surface area contributed by atoms with Crippen LogP contribution in [-0.4, -0.2) is 22.6 Å². The van der Waals surface area contributed by atoms with E-state index in [0.29, 0.717) is 0 Å². The second-order valence-electron chi connectivity index (χ2n) is 13.3. The van der Waals surface area contributed by atoms with Crippen LogP contribution >= 0.6 is 0 Å². The molecule has 4 aromatic carbocycles. The van der Waals surface area contributed by atoms with Gasteiger partial charge in [0.25, 0.3) is 0 Å². The molecule has 1 radical (unpaired) electrons. The maximum atomic E-state index is 12.2. The zero-order valence-corrected chi connectivity index (χ0v) is 31.5. The number of benzene rings is 4. The van der Waals surface area contributed by atoms with E-state index in [4.69, 9.17) is 14.5 Å². The SMILES string of the molecule is CCC(C)(CC)C(=O)/C=C(\O)C(C)(CC)CC.[Ir].[c-]1cc2c3c(c1-c1cc4ccccc4cn1)Oc1ccccc1B3c1ccccc1O2. The predicted octanol–water partition coefficient (Wildman–Crippen LogP) is 9.08. The number of carbonyl (C=O) groups excluding carboxylic acids is 1. The largest absolute Gasteiger partial charge is 0.512 e. The molecular formula is C42H43BIrNO4-. The second-order valence-corrected chi connectivity index (χ2v) is 13.3. The Morgan fingerprint density at radius 1 is 0.796 bits per heavy atom. The molecule has 3 heterocycles. The van der Waals surface area contributed by atoms with Gasteiger partial charge in [-0.15, -0.1) is 12.1 Å². The number of aromatic nitrogens is 1. The molecule has 253 valence electrons. The number of nitrogens with zero attached hydrogens (tertiary/aromatic N) is 1. The zero-order chi connectivity index (χ0) is 34.1. The third-order valence-corrected chi connectivity index (χ3v) is 10.8. The van der Waals surface area contributed by atoms with Gasteiger partial charge < -0.3 is 19.6 Å². The van der Waals surface area contributed by atoms with E-state index in [1.165, 1.54) is 6.08 Å². The molecule has 0 atom stereocenters. The Kier molecular flexibility index (Phi) is 10.9. The number of aliphatic hydroxyl groups excluding tert-OH is 1. The molecule has 0 saturated carbocycles. The summed E-state index contributed by atoms with van der Waals surface area (Å²) >= 11 is 0. The van der Waals surface area contributed by atoms with Gasteiger partial charge in [-0.05, 0) is 65.2 Å². The van der Waals surface area contributed by atoms with Crippen LogP contribution in [0.1, 0.15) is 67.2 Å². The fourth-order valence-electron chi connectivity index (χ4n) is 6.42. The van der Waals surface area contributed by atoms with E-state index in [0.717, 1.165) is 87.1 Å². The maximum Gasteiger partial charge on any atom is 0.239 e. The summed E-state index contributed by atoms with van der Waals surface area (Å²) in [4.78, 5) is 16.9. The molecule has 1 aromatic heterocycles. The smallest absolute Gasteiger partial charge is 0.239 e. The Balaban J connectivity index is 0.000000226. The summed E-state index contributed by atoms with van der Waals surface area (Å²) in [6.07, 6.45) is 6.66. The number of allylic oxidation sites excluding steroid dienone is 2. The standard InChI is InChI=1S/C27H15BNO2.C15H28O2.Ir/c1-2-8-18-16-29-22(15-17(18)7-1)19-13-14-25-26-27(19)31-24-12-6-4-10-21(24)28(26)20-9-3-5-11-23(20)30-25;1-7-14(5,8-2)12(16)11-13(17)15(6,9-3)10-4;/h1-12,14-16H;11,16H,7-10H2,1-6H3;/q-1;;/b;12-11-;. The maximum absolute atomic E-state index is 12.2. The van der Waals surface area contributed by atoms with Gasteiger partial charge in [-0.25, -0.2) is 0 Å². The molecule has 2 aliphatic rings. The third-order valence-electron chi connectivity index (χ3n) is 10.8. The number of ketones is 1. The van der Waals surface area contributed by atoms with Gasteiger partial charge >= 0.3 is 0 Å². The van der Waals surface area contributed by atoms with E-state index in [1.807, 2.05) is 90.2 Å². The van der Waals surface area contributed by atoms with Crippen LogP contribution in [0.4, 0.5) is 0 Å². The molecule has 2 aliphatic heterocycles. The fraction of sp³-hybridized carbons (Fsp3) is 0.286. The third kappa shape index (κ3) is 6.71. The topological polar surface area (TPSA) is 68.7 Å². The second kappa shape index (κ2) is 14.7. The summed E-state index contributed by atoms with van der Waals surface area (Å²) < 4.78 is 12.8. The van der Waals surface area contributed by atoms with Crippen molar-refractivity contribution in [2.45, 2.75) is 67.2 Å². The number of rotatable bonds is 8. The number of para-hydroxylation sites is 2. The van der Waals surface area contributed by atoms with E-state index >= 15 is 0 Å². The average Bonchev–Trinajstić information content (AvgIpc) is 3.14. The van der Waals surface area contributed by atoms with Crippen molar-refractivity contribution in [2.75, 3.05) is 0 Å². The molecule has 0 unspecified atom stereocenters. The van der Waals surface area contributed by atoms with E-state index in [1.54, 1.807) is 0 Å². The number of pyridine rings is 1. The van der Waals surface area contributed by atoms with Gasteiger partial charge in [0, 0.05) is 54.7 Å². The van der Waals surface area contributed by atoms with Gasteiger partial charge in [0.1, 0.15) is 17.3 Å². The first-order valence-electron chi connectivity index (χ1n) is 17.1. The Hall–Kier alpha value is -4.19. The van der Waals surface area contributed by atoms with Gasteiger partial charge in [-0.1, -0.05) is 119 Å². The van der Waals surface area contributed by atoms with E-state index in [-0.39, 0.29) is 49.2 Å². The molecule has 0 fully saturated rings. The van der Waals surface area contributed by atoms with E-state index < -0.39 is 0 Å². The van der Waals surface area contributed by atoms with Gasteiger partial charge in [0.15, 0.2) is 5.78 Å². The average molecular weight is 829 g/mol. The Morgan fingerprint density at radius 3 is 1.96 bits per heavy atom. The molecule has 0 amide bonds. The fourth-order valence-corrected chi connectivity index (χ4v) is 6.42. The van der Waals surface area contributed by atoms with Crippen molar-refractivity contribution in [3.8, 4) is 34.3 Å². The summed E-state index contributed by atoms with van der Waals surface area (Å²) in [6, 6.07) is 32.1. The number of fused-ring (bicyclic) bond motifs is 5. The molecule has 5 aromatic rings. The molecule has 7 heteroatoms. The van der Waals surface area contributed by atoms with Crippen molar-refractivity contribution in [3.05, 3.63) is 109 Å². The first-order chi connectivity index (χ1) is 23.2. The monoisotopic (exact) mass is 829 g/mol. The molecule has 5 nitrogen and oxygen atoms in total. The number of hydrogen-bond donors (Lipinski definition) is 1. The molecular weight excluding hydrogens is 785 g/mol. The zero-order valence-electron chi connectivity index (χ0n) is 29.1. The van der Waals surface area contributed by atoms with Crippen molar-refractivity contribution in [2.24, 2.45) is 10.8 Å². The molecule has 49 heavy (non-hydrogen) atoms. The number of aliphatic hydroxyl groups is 1. The molecule has 1 N–H and O–H groups in total. The molecule has 0 spiro atoms. The molecule has 0 bridgehead atoms. The van der Waals surface area contributed by atoms with Crippen LogP contribution in [0.3, 0.4) is 0 Å². The number of ether oxygens (including phenoxy) is 2. The summed E-state index contributed by atoms with van der Waals surface area (Å²) in [5, 5.41) is 12.4. The van der Waals surface area contributed by atoms with Crippen molar-refractivity contribution in [1.82, 2.24) is 4.98 Å². The van der Waals surface area contributed by atoms with Crippen molar-refractivity contribution in [3.63, 3.8) is 0 Å². The van der Waals surface area contributed by atoms with E-state index in [2.05, 4.69) is 48.5 Å². The number of carbonyl (C=O) groups is 1. The Bertz CT molecular complexity index is 2000. The van der Waals surface area contributed by atoms with Gasteiger partial charge in [-0.2, -0.15) is 0 Å². The normalized spacial score (nSPS) is 13.0. The Labute approximate surface area is 304 Å². The van der Waals surface area contributed by atoms with Crippen LogP contribution in [0.2, 0.25) is 0 Å². The van der Waals surface area contributed by atoms with Crippen LogP contribution in [-0.2, 0) is 24.9 Å². The summed E-state index contributed by atoms with van der Waals surface area (Å²) in [7, 11) is 0. The quantitative estimate of drug-likeness (QED) is 0.0717. The van der Waals surface area contributed by atoms with Gasteiger partial charge in [0.2, 0.25) is 6.71 Å². The van der Waals surface area contributed by atoms with Crippen molar-refractivity contribution < 1.29 is 39.5 Å². The minimum Gasteiger partial charge on any atom is -0.512 e. The van der Waals surface area contributed by atoms with Crippen molar-refractivity contribution in [1.29, 1.82) is 0 Å². The summed E-state index contributed by atoms with van der Waals surface area (Å²) in [5.41, 5.74) is 4.43. The first kappa shape index (κ1) is 36.1. The van der Waals surface area contributed by atoms with Crippen LogP contribution in [0.15, 0.2) is 103 Å². The molecule has 0 saturated heterocycles. The Morgan fingerprint density at radius 2 is 1.35 bits per heavy atom. The van der Waals surface area contributed by atoms with E-state index in [9.17, 15) is 9.90 Å². The van der Waals surface area contributed by atoms with Crippen LogP contribution < -0.4 is 25.9 Å². The summed E-state index contributed by atoms with van der Waals surface area (Å²) in [5.74, 6) is 3.60. The number of hydrogen-bond acceptors (Lipinski definition) is 5. The molecule has 0 aliphatic carbocycles. The van der Waals surface area contributed by atoms with Crippen LogP contribution in [0, 0.1) is 16.9 Å². The van der Waals surface area contributed by atoms with Gasteiger partial charge in [-0.3, -0.25) is 4.79 Å². The van der Waals surface area contributed by atoms with Gasteiger partial charge in [0.05, 0.1) is 0 Å². The first-order valence-corrected chi connectivity index (χ1v) is 17.1. The minimum atomic E-state index is -0.337. The van der Waals surface area contributed by atoms with Crippen molar-refractivity contribution >= 4 is 39.7 Å². The predicted molar refractivity (Wildman–Crippen MR) is 197 cm³/mol. The molecule has 7 rings (SSSR count).